The van der Waals surface area contributed by atoms with Crippen LogP contribution in [0.2, 0.25) is 0 Å². The number of amides is 2. The molecular formula is C18H31N5OS. The summed E-state index contributed by atoms with van der Waals surface area (Å²) in [6.07, 6.45) is 8.86. The van der Waals surface area contributed by atoms with Crippen LogP contribution in [0.3, 0.4) is 0 Å². The van der Waals surface area contributed by atoms with Crippen LogP contribution in [-0.2, 0) is 0 Å². The van der Waals surface area contributed by atoms with E-state index < -0.39 is 0 Å². The Hall–Kier alpha value is -1.21. The first-order valence-electron chi connectivity index (χ1n) is 9.73. The Morgan fingerprint density at radius 3 is 2.80 bits per heavy atom. The summed E-state index contributed by atoms with van der Waals surface area (Å²) in [5.74, 6) is 1.29. The van der Waals surface area contributed by atoms with Crippen LogP contribution in [0.5, 0.6) is 0 Å². The Morgan fingerprint density at radius 2 is 2.04 bits per heavy atom. The maximum atomic E-state index is 12.2. The van der Waals surface area contributed by atoms with Gasteiger partial charge in [0.15, 0.2) is 0 Å². The number of hydrogen-bond donors (Lipinski definition) is 2. The van der Waals surface area contributed by atoms with Gasteiger partial charge in [0, 0.05) is 25.0 Å². The van der Waals surface area contributed by atoms with Crippen molar-refractivity contribution in [3.8, 4) is 0 Å². The maximum Gasteiger partial charge on any atom is 0.321 e. The lowest BCUT2D eigenvalue weighted by atomic mass is 9.90. The van der Waals surface area contributed by atoms with Gasteiger partial charge in [0.1, 0.15) is 5.01 Å². The molecule has 2 N–H and O–H groups in total. The van der Waals surface area contributed by atoms with Gasteiger partial charge >= 0.3 is 6.03 Å². The van der Waals surface area contributed by atoms with E-state index in [1.54, 1.807) is 0 Å². The third-order valence-electron chi connectivity index (χ3n) is 5.27. The summed E-state index contributed by atoms with van der Waals surface area (Å²) >= 11 is 1.53. The molecule has 1 aromatic rings. The van der Waals surface area contributed by atoms with Gasteiger partial charge < -0.3 is 10.2 Å². The number of nitrogens with zero attached hydrogens (tertiary/aromatic N) is 3. The molecule has 1 aliphatic carbocycles. The number of carbonyl (C=O) groups excluding carboxylic acids is 1. The highest BCUT2D eigenvalue weighted by Crippen LogP contribution is 2.35. The standard InChI is InChI=1S/C18H31N5OS/c1-13-7-6-10-23(11-13)12-14(2)19-17(24)20-18-22-21-16(25-18)15-8-4-3-5-9-15/h13-15H,3-12H2,1-2H3,(H2,19,20,22,24). The third-order valence-corrected chi connectivity index (χ3v) is 6.27. The summed E-state index contributed by atoms with van der Waals surface area (Å²) in [6, 6.07) is -0.0556. The first-order valence-corrected chi connectivity index (χ1v) is 10.5. The molecule has 1 saturated heterocycles. The zero-order valence-electron chi connectivity index (χ0n) is 15.5. The van der Waals surface area contributed by atoms with E-state index in [2.05, 4.69) is 39.6 Å². The molecule has 3 rings (SSSR count). The summed E-state index contributed by atoms with van der Waals surface area (Å²) in [5.41, 5.74) is 0. The van der Waals surface area contributed by atoms with Crippen LogP contribution < -0.4 is 10.6 Å². The van der Waals surface area contributed by atoms with Crippen LogP contribution in [-0.4, -0.2) is 46.8 Å². The largest absolute Gasteiger partial charge is 0.334 e. The van der Waals surface area contributed by atoms with Crippen LogP contribution in [0.4, 0.5) is 9.93 Å². The van der Waals surface area contributed by atoms with Gasteiger partial charge in [0.05, 0.1) is 0 Å². The van der Waals surface area contributed by atoms with Gasteiger partial charge in [-0.05, 0) is 45.1 Å². The topological polar surface area (TPSA) is 70.2 Å². The second-order valence-electron chi connectivity index (χ2n) is 7.79. The van der Waals surface area contributed by atoms with Crippen LogP contribution >= 0.6 is 11.3 Å². The van der Waals surface area contributed by atoms with Crippen LogP contribution in [0.15, 0.2) is 0 Å². The van der Waals surface area contributed by atoms with E-state index in [0.29, 0.717) is 11.0 Å². The molecule has 1 aliphatic heterocycles. The average Bonchev–Trinajstić information content (AvgIpc) is 3.03. The minimum absolute atomic E-state index is 0.121. The van der Waals surface area contributed by atoms with Gasteiger partial charge in [0.25, 0.3) is 0 Å². The van der Waals surface area contributed by atoms with Crippen molar-refractivity contribution in [1.29, 1.82) is 0 Å². The predicted octanol–water partition coefficient (Wildman–Crippen LogP) is 3.83. The van der Waals surface area contributed by atoms with E-state index in [1.807, 2.05) is 0 Å². The predicted molar refractivity (Wildman–Crippen MR) is 102 cm³/mol. The Labute approximate surface area is 154 Å². The molecule has 0 bridgehead atoms. The average molecular weight is 366 g/mol. The summed E-state index contributed by atoms with van der Waals surface area (Å²) in [7, 11) is 0. The van der Waals surface area contributed by atoms with Gasteiger partial charge in [0.2, 0.25) is 5.13 Å². The molecule has 2 aliphatic rings. The molecule has 6 nitrogen and oxygen atoms in total. The van der Waals surface area contributed by atoms with Gasteiger partial charge in [-0.15, -0.1) is 10.2 Å². The number of likely N-dealkylation sites (tertiary alicyclic amines) is 1. The molecule has 25 heavy (non-hydrogen) atoms. The van der Waals surface area contributed by atoms with E-state index >= 15 is 0 Å². The van der Waals surface area contributed by atoms with Crippen LogP contribution in [0.1, 0.15) is 69.7 Å². The molecule has 2 amide bonds. The Bertz CT molecular complexity index is 557. The van der Waals surface area contributed by atoms with Gasteiger partial charge in [-0.25, -0.2) is 4.79 Å². The fraction of sp³-hybridized carbons (Fsp3) is 0.833. The quantitative estimate of drug-likeness (QED) is 0.832. The van der Waals surface area contributed by atoms with Gasteiger partial charge in [-0.1, -0.05) is 37.5 Å². The minimum atomic E-state index is -0.177. The van der Waals surface area contributed by atoms with Crippen molar-refractivity contribution < 1.29 is 4.79 Å². The lowest BCUT2D eigenvalue weighted by Gasteiger charge is -2.32. The van der Waals surface area contributed by atoms with Crippen molar-refractivity contribution in [2.75, 3.05) is 25.0 Å². The Morgan fingerprint density at radius 1 is 1.24 bits per heavy atom. The highest BCUT2D eigenvalue weighted by atomic mass is 32.1. The van der Waals surface area contributed by atoms with E-state index in [4.69, 9.17) is 0 Å². The van der Waals surface area contributed by atoms with Crippen molar-refractivity contribution in [2.24, 2.45) is 5.92 Å². The molecule has 2 unspecified atom stereocenters. The lowest BCUT2D eigenvalue weighted by Crippen LogP contribution is -2.46. The van der Waals surface area contributed by atoms with Crippen molar-refractivity contribution in [3.63, 3.8) is 0 Å². The highest BCUT2D eigenvalue weighted by Gasteiger charge is 2.21. The number of rotatable bonds is 5. The SMILES string of the molecule is CC1CCCN(CC(C)NC(=O)Nc2nnc(C3CCCCC3)s2)C1. The van der Waals surface area contributed by atoms with Crippen LogP contribution in [0, 0.1) is 5.92 Å². The second kappa shape index (κ2) is 8.94. The monoisotopic (exact) mass is 365 g/mol. The highest BCUT2D eigenvalue weighted by molar-refractivity contribution is 7.15. The smallest absolute Gasteiger partial charge is 0.321 e. The van der Waals surface area contributed by atoms with Crippen molar-refractivity contribution >= 4 is 22.5 Å². The first-order chi connectivity index (χ1) is 12.1. The number of piperidine rings is 1. The third kappa shape index (κ3) is 5.64. The van der Waals surface area contributed by atoms with Gasteiger partial charge in [-0.3, -0.25) is 5.32 Å². The molecule has 1 aromatic heterocycles. The van der Waals surface area contributed by atoms with Crippen molar-refractivity contribution in [3.05, 3.63) is 5.01 Å². The van der Waals surface area contributed by atoms with E-state index in [1.165, 1.54) is 56.3 Å². The normalized spacial score (nSPS) is 24.0. The molecule has 140 valence electrons. The number of nitrogens with one attached hydrogen (secondary N) is 2. The van der Waals surface area contributed by atoms with E-state index in [9.17, 15) is 4.79 Å². The van der Waals surface area contributed by atoms with Crippen LogP contribution in [0.25, 0.3) is 0 Å². The Balaban J connectivity index is 1.43. The number of carbonyl (C=O) groups is 1. The molecular weight excluding hydrogens is 334 g/mol. The van der Waals surface area contributed by atoms with E-state index in [-0.39, 0.29) is 12.1 Å². The lowest BCUT2D eigenvalue weighted by molar-refractivity contribution is 0.170. The van der Waals surface area contributed by atoms with Crippen molar-refractivity contribution in [2.45, 2.75) is 70.8 Å². The molecule has 1 saturated carbocycles. The molecule has 2 fully saturated rings. The zero-order valence-corrected chi connectivity index (χ0v) is 16.3. The number of hydrogen-bond acceptors (Lipinski definition) is 5. The molecule has 2 heterocycles. The number of urea groups is 1. The number of anilines is 1. The summed E-state index contributed by atoms with van der Waals surface area (Å²) < 4.78 is 0. The second-order valence-corrected chi connectivity index (χ2v) is 8.80. The molecule has 2 atom stereocenters. The molecule has 0 spiro atoms. The summed E-state index contributed by atoms with van der Waals surface area (Å²) in [5, 5.41) is 16.0. The summed E-state index contributed by atoms with van der Waals surface area (Å²) in [6.45, 7) is 7.54. The fourth-order valence-corrected chi connectivity index (χ4v) is 4.95. The molecule has 0 radical (unpaired) electrons. The molecule has 7 heteroatoms. The molecule has 0 aromatic carbocycles. The van der Waals surface area contributed by atoms with Gasteiger partial charge in [-0.2, -0.15) is 0 Å². The maximum absolute atomic E-state index is 12.2. The minimum Gasteiger partial charge on any atom is -0.334 e. The fourth-order valence-electron chi connectivity index (χ4n) is 4.04. The van der Waals surface area contributed by atoms with Crippen molar-refractivity contribution in [1.82, 2.24) is 20.4 Å². The summed E-state index contributed by atoms with van der Waals surface area (Å²) in [4.78, 5) is 14.7. The first kappa shape index (κ1) is 18.6. The number of aromatic nitrogens is 2. The van der Waals surface area contributed by atoms with E-state index in [0.717, 1.165) is 30.6 Å². The zero-order chi connectivity index (χ0) is 17.6. The Kier molecular flexibility index (Phi) is 6.64.